The van der Waals surface area contributed by atoms with Crippen LogP contribution >= 0.6 is 0 Å². The third-order valence-electron chi connectivity index (χ3n) is 2.78. The third-order valence-corrected chi connectivity index (χ3v) is 2.78. The number of nitrogens with one attached hydrogen (secondary N) is 1. The van der Waals surface area contributed by atoms with Gasteiger partial charge in [-0.05, 0) is 23.6 Å². The van der Waals surface area contributed by atoms with Crippen molar-refractivity contribution in [2.45, 2.75) is 6.92 Å². The van der Waals surface area contributed by atoms with Gasteiger partial charge in [0.05, 0.1) is 0 Å². The second-order valence-corrected chi connectivity index (χ2v) is 4.04. The van der Waals surface area contributed by atoms with E-state index in [-0.39, 0.29) is 24.9 Å². The Morgan fingerprint density at radius 3 is 2.78 bits per heavy atom. The summed E-state index contributed by atoms with van der Waals surface area (Å²) in [4.78, 5) is 27.8. The Hall–Kier alpha value is -2.14. The first-order chi connectivity index (χ1) is 8.63. The Kier molecular flexibility index (Phi) is 3.43. The maximum Gasteiger partial charge on any atom is 0.260 e. The van der Waals surface area contributed by atoms with Gasteiger partial charge in [0.2, 0.25) is 5.91 Å². The lowest BCUT2D eigenvalue weighted by atomic mass is 10.1. The molecular formula is C13H15N3O2. The van der Waals surface area contributed by atoms with Crippen molar-refractivity contribution in [1.29, 1.82) is 0 Å². The highest BCUT2D eigenvalue weighted by Gasteiger charge is 2.19. The zero-order chi connectivity index (χ0) is 13.1. The number of nitrogens with zero attached hydrogens (tertiary/aromatic N) is 1. The van der Waals surface area contributed by atoms with E-state index in [1.165, 1.54) is 6.92 Å². The molecule has 1 aromatic carbocycles. The molecular weight excluding hydrogens is 230 g/mol. The molecule has 18 heavy (non-hydrogen) atoms. The lowest BCUT2D eigenvalue weighted by molar-refractivity contribution is -0.126. The average Bonchev–Trinajstić information content (AvgIpc) is 2.81. The summed E-state index contributed by atoms with van der Waals surface area (Å²) in [5.41, 5.74) is 6.76. The van der Waals surface area contributed by atoms with Crippen LogP contribution in [0.1, 0.15) is 17.3 Å². The van der Waals surface area contributed by atoms with Gasteiger partial charge in [-0.3, -0.25) is 14.5 Å². The molecule has 0 aliphatic carbocycles. The summed E-state index contributed by atoms with van der Waals surface area (Å²) in [6.07, 6.45) is 1.81. The lowest BCUT2D eigenvalue weighted by Crippen LogP contribution is -2.38. The van der Waals surface area contributed by atoms with Gasteiger partial charge in [0.15, 0.2) is 0 Å². The average molecular weight is 245 g/mol. The van der Waals surface area contributed by atoms with E-state index in [2.05, 4.69) is 4.98 Å². The van der Waals surface area contributed by atoms with Crippen LogP contribution < -0.4 is 5.73 Å². The number of benzene rings is 1. The van der Waals surface area contributed by atoms with Gasteiger partial charge in [0.1, 0.15) is 0 Å². The standard InChI is InChI=1S/C13H15N3O2/c1-9(17)16(7-5-14)13(18)11-3-2-10-4-6-15-12(10)8-11/h2-4,6,8,15H,5,7,14H2,1H3. The molecule has 5 heteroatoms. The minimum atomic E-state index is -0.315. The topological polar surface area (TPSA) is 79.2 Å². The number of amides is 2. The molecule has 2 amide bonds. The van der Waals surface area contributed by atoms with Crippen molar-refractivity contribution in [2.75, 3.05) is 13.1 Å². The van der Waals surface area contributed by atoms with Gasteiger partial charge in [0, 0.05) is 37.3 Å². The van der Waals surface area contributed by atoms with Crippen LogP contribution in [0, 0.1) is 0 Å². The second-order valence-electron chi connectivity index (χ2n) is 4.04. The van der Waals surface area contributed by atoms with E-state index in [4.69, 9.17) is 5.73 Å². The van der Waals surface area contributed by atoms with Crippen LogP contribution in [0.3, 0.4) is 0 Å². The first kappa shape index (κ1) is 12.3. The molecule has 1 aromatic heterocycles. The summed E-state index contributed by atoms with van der Waals surface area (Å²) in [7, 11) is 0. The van der Waals surface area contributed by atoms with Gasteiger partial charge in [-0.1, -0.05) is 6.07 Å². The number of rotatable bonds is 3. The highest BCUT2D eigenvalue weighted by molar-refractivity contribution is 6.05. The molecule has 0 bridgehead atoms. The number of carbonyl (C=O) groups excluding carboxylic acids is 2. The fourth-order valence-electron chi connectivity index (χ4n) is 1.87. The predicted molar refractivity (Wildman–Crippen MR) is 69.1 cm³/mol. The fraction of sp³-hybridized carbons (Fsp3) is 0.231. The molecule has 0 radical (unpaired) electrons. The summed E-state index contributed by atoms with van der Waals surface area (Å²) in [6, 6.07) is 7.22. The summed E-state index contributed by atoms with van der Waals surface area (Å²) in [6.45, 7) is 1.85. The summed E-state index contributed by atoms with van der Waals surface area (Å²) < 4.78 is 0. The molecule has 5 nitrogen and oxygen atoms in total. The smallest absolute Gasteiger partial charge is 0.260 e. The Morgan fingerprint density at radius 2 is 2.11 bits per heavy atom. The van der Waals surface area contributed by atoms with Crippen LogP contribution in [0.2, 0.25) is 0 Å². The largest absolute Gasteiger partial charge is 0.361 e. The molecule has 94 valence electrons. The van der Waals surface area contributed by atoms with Crippen LogP contribution in [0.5, 0.6) is 0 Å². The van der Waals surface area contributed by atoms with Crippen molar-refractivity contribution < 1.29 is 9.59 Å². The van der Waals surface area contributed by atoms with Crippen molar-refractivity contribution >= 4 is 22.7 Å². The van der Waals surface area contributed by atoms with Gasteiger partial charge in [-0.2, -0.15) is 0 Å². The van der Waals surface area contributed by atoms with Gasteiger partial charge >= 0.3 is 0 Å². The Balaban J connectivity index is 2.33. The first-order valence-electron chi connectivity index (χ1n) is 5.73. The van der Waals surface area contributed by atoms with Gasteiger partial charge < -0.3 is 10.7 Å². The maximum absolute atomic E-state index is 12.2. The molecule has 0 fully saturated rings. The molecule has 2 aromatic rings. The minimum absolute atomic E-state index is 0.233. The number of H-pyrrole nitrogens is 1. The van der Waals surface area contributed by atoms with E-state index in [1.54, 1.807) is 12.1 Å². The summed E-state index contributed by atoms with van der Waals surface area (Å²) >= 11 is 0. The van der Waals surface area contributed by atoms with Crippen LogP contribution in [0.15, 0.2) is 30.5 Å². The quantitative estimate of drug-likeness (QED) is 0.850. The van der Waals surface area contributed by atoms with Gasteiger partial charge in [-0.15, -0.1) is 0 Å². The molecule has 3 N–H and O–H groups in total. The molecule has 0 aliphatic rings. The highest BCUT2D eigenvalue weighted by atomic mass is 16.2. The molecule has 0 saturated heterocycles. The van der Waals surface area contributed by atoms with Crippen molar-refractivity contribution in [3.05, 3.63) is 36.0 Å². The van der Waals surface area contributed by atoms with Gasteiger partial charge in [0.25, 0.3) is 5.91 Å². The fourth-order valence-corrected chi connectivity index (χ4v) is 1.87. The van der Waals surface area contributed by atoms with Crippen molar-refractivity contribution in [3.63, 3.8) is 0 Å². The third kappa shape index (κ3) is 2.26. The van der Waals surface area contributed by atoms with Crippen molar-refractivity contribution in [2.24, 2.45) is 5.73 Å². The Morgan fingerprint density at radius 1 is 1.33 bits per heavy atom. The van der Waals surface area contributed by atoms with E-state index in [9.17, 15) is 9.59 Å². The molecule has 0 atom stereocenters. The molecule has 2 rings (SSSR count). The molecule has 0 saturated carbocycles. The number of carbonyl (C=O) groups is 2. The molecule has 1 heterocycles. The number of hydrogen-bond donors (Lipinski definition) is 2. The first-order valence-corrected chi connectivity index (χ1v) is 5.73. The Bertz CT molecular complexity index is 589. The van der Waals surface area contributed by atoms with Crippen LogP contribution in [0.4, 0.5) is 0 Å². The number of aromatic nitrogens is 1. The monoisotopic (exact) mass is 245 g/mol. The number of fused-ring (bicyclic) bond motifs is 1. The minimum Gasteiger partial charge on any atom is -0.361 e. The zero-order valence-electron chi connectivity index (χ0n) is 10.1. The van der Waals surface area contributed by atoms with E-state index < -0.39 is 0 Å². The van der Waals surface area contributed by atoms with Crippen LogP contribution in [-0.4, -0.2) is 34.8 Å². The SMILES string of the molecule is CC(=O)N(CCN)C(=O)c1ccc2cc[nH]c2c1. The van der Waals surface area contributed by atoms with E-state index >= 15 is 0 Å². The zero-order valence-corrected chi connectivity index (χ0v) is 10.1. The van der Waals surface area contributed by atoms with Gasteiger partial charge in [-0.25, -0.2) is 0 Å². The number of nitrogens with two attached hydrogens (primary N) is 1. The number of aromatic amines is 1. The Labute approximate surface area is 105 Å². The van der Waals surface area contributed by atoms with Crippen molar-refractivity contribution in [1.82, 2.24) is 9.88 Å². The van der Waals surface area contributed by atoms with E-state index in [1.807, 2.05) is 18.3 Å². The van der Waals surface area contributed by atoms with E-state index in [0.29, 0.717) is 5.56 Å². The molecule has 0 spiro atoms. The summed E-state index contributed by atoms with van der Waals surface area (Å²) in [5.74, 6) is -0.610. The van der Waals surface area contributed by atoms with Crippen molar-refractivity contribution in [3.8, 4) is 0 Å². The predicted octanol–water partition coefficient (Wildman–Crippen LogP) is 1.12. The highest BCUT2D eigenvalue weighted by Crippen LogP contribution is 2.15. The summed E-state index contributed by atoms with van der Waals surface area (Å²) in [5, 5.41) is 1.03. The molecule has 0 aliphatic heterocycles. The second kappa shape index (κ2) is 5.01. The van der Waals surface area contributed by atoms with E-state index in [0.717, 1.165) is 15.8 Å². The van der Waals surface area contributed by atoms with Crippen LogP contribution in [0.25, 0.3) is 10.9 Å². The number of imide groups is 1. The lowest BCUT2D eigenvalue weighted by Gasteiger charge is -2.18. The molecule has 0 unspecified atom stereocenters. The normalized spacial score (nSPS) is 10.6. The number of hydrogen-bond acceptors (Lipinski definition) is 3. The maximum atomic E-state index is 12.2. The van der Waals surface area contributed by atoms with Crippen LogP contribution in [-0.2, 0) is 4.79 Å².